The highest BCUT2D eigenvalue weighted by molar-refractivity contribution is 5.28. The maximum absolute atomic E-state index is 10.4. The lowest BCUT2D eigenvalue weighted by atomic mass is 10.1. The van der Waals surface area contributed by atoms with Crippen molar-refractivity contribution in [3.8, 4) is 5.75 Å². The lowest BCUT2D eigenvalue weighted by Gasteiger charge is -2.25. The number of aliphatic hydroxyl groups excluding tert-OH is 1. The summed E-state index contributed by atoms with van der Waals surface area (Å²) in [7, 11) is 1.66. The van der Waals surface area contributed by atoms with Crippen LogP contribution < -0.4 is 4.74 Å². The molecule has 1 aromatic rings. The number of hydrogen-bond acceptors (Lipinski definition) is 3. The van der Waals surface area contributed by atoms with E-state index < -0.39 is 0 Å². The Bertz CT molecular complexity index is 409. The van der Waals surface area contributed by atoms with Gasteiger partial charge in [0.1, 0.15) is 5.75 Å². The van der Waals surface area contributed by atoms with E-state index >= 15 is 0 Å². The second kappa shape index (κ2) is 5.51. The van der Waals surface area contributed by atoms with Crippen LogP contribution in [0.2, 0.25) is 0 Å². The SMILES string of the molecule is COc1ccc(C(O)CN(CC2CC2)C2CC2)cc1. The van der Waals surface area contributed by atoms with Gasteiger partial charge in [-0.15, -0.1) is 0 Å². The van der Waals surface area contributed by atoms with Gasteiger partial charge in [-0.05, 0) is 49.3 Å². The Morgan fingerprint density at radius 3 is 2.42 bits per heavy atom. The molecule has 0 radical (unpaired) electrons. The summed E-state index contributed by atoms with van der Waals surface area (Å²) in [5.41, 5.74) is 0.988. The van der Waals surface area contributed by atoms with Crippen LogP contribution >= 0.6 is 0 Å². The average Bonchev–Trinajstić information content (AvgIpc) is 3.29. The molecule has 1 atom stereocenters. The summed E-state index contributed by atoms with van der Waals surface area (Å²) in [5, 5.41) is 10.4. The van der Waals surface area contributed by atoms with Gasteiger partial charge in [-0.2, -0.15) is 0 Å². The molecule has 3 heteroatoms. The highest BCUT2D eigenvalue weighted by Gasteiger charge is 2.34. The van der Waals surface area contributed by atoms with E-state index in [1.54, 1.807) is 7.11 Å². The number of ether oxygens (including phenoxy) is 1. The van der Waals surface area contributed by atoms with E-state index in [4.69, 9.17) is 4.74 Å². The van der Waals surface area contributed by atoms with Gasteiger partial charge < -0.3 is 9.84 Å². The zero-order valence-electron chi connectivity index (χ0n) is 11.6. The molecule has 3 rings (SSSR count). The average molecular weight is 261 g/mol. The van der Waals surface area contributed by atoms with Crippen molar-refractivity contribution in [2.24, 2.45) is 5.92 Å². The third-order valence-electron chi connectivity index (χ3n) is 4.16. The lowest BCUT2D eigenvalue weighted by Crippen LogP contribution is -2.32. The monoisotopic (exact) mass is 261 g/mol. The summed E-state index contributed by atoms with van der Waals surface area (Å²) in [6, 6.07) is 8.49. The number of nitrogens with zero attached hydrogens (tertiary/aromatic N) is 1. The number of aliphatic hydroxyl groups is 1. The van der Waals surface area contributed by atoms with Crippen molar-refractivity contribution in [2.75, 3.05) is 20.2 Å². The van der Waals surface area contributed by atoms with E-state index in [1.807, 2.05) is 24.3 Å². The maximum Gasteiger partial charge on any atom is 0.118 e. The van der Waals surface area contributed by atoms with E-state index in [9.17, 15) is 5.11 Å². The Hall–Kier alpha value is -1.06. The molecule has 19 heavy (non-hydrogen) atoms. The first kappa shape index (κ1) is 12.9. The molecule has 0 aliphatic heterocycles. The molecule has 104 valence electrons. The van der Waals surface area contributed by atoms with Gasteiger partial charge >= 0.3 is 0 Å². The summed E-state index contributed by atoms with van der Waals surface area (Å²) < 4.78 is 5.15. The van der Waals surface area contributed by atoms with Crippen molar-refractivity contribution >= 4 is 0 Å². The van der Waals surface area contributed by atoms with Crippen LogP contribution in [0.3, 0.4) is 0 Å². The van der Waals surface area contributed by atoms with Crippen LogP contribution in [0.1, 0.15) is 37.4 Å². The second-order valence-electron chi connectivity index (χ2n) is 5.92. The van der Waals surface area contributed by atoms with Crippen molar-refractivity contribution in [3.63, 3.8) is 0 Å². The molecule has 0 bridgehead atoms. The molecule has 2 aliphatic carbocycles. The predicted molar refractivity (Wildman–Crippen MR) is 75.3 cm³/mol. The molecule has 0 heterocycles. The van der Waals surface area contributed by atoms with Crippen molar-refractivity contribution in [3.05, 3.63) is 29.8 Å². The molecule has 1 N–H and O–H groups in total. The Balaban J connectivity index is 1.59. The van der Waals surface area contributed by atoms with E-state index in [0.717, 1.165) is 29.8 Å². The van der Waals surface area contributed by atoms with Crippen LogP contribution in [0, 0.1) is 5.92 Å². The number of hydrogen-bond donors (Lipinski definition) is 1. The predicted octanol–water partition coefficient (Wildman–Crippen LogP) is 2.60. The molecule has 1 unspecified atom stereocenters. The van der Waals surface area contributed by atoms with E-state index in [-0.39, 0.29) is 6.10 Å². The van der Waals surface area contributed by atoms with E-state index in [0.29, 0.717) is 0 Å². The quantitative estimate of drug-likeness (QED) is 0.819. The summed E-state index contributed by atoms with van der Waals surface area (Å²) in [6.45, 7) is 1.95. The molecular weight excluding hydrogens is 238 g/mol. The fourth-order valence-corrected chi connectivity index (χ4v) is 2.60. The highest BCUT2D eigenvalue weighted by Crippen LogP contribution is 2.35. The van der Waals surface area contributed by atoms with Crippen molar-refractivity contribution in [2.45, 2.75) is 37.8 Å². The molecule has 2 fully saturated rings. The normalized spacial score (nSPS) is 20.6. The molecule has 2 aliphatic rings. The minimum Gasteiger partial charge on any atom is -0.497 e. The molecule has 1 aromatic carbocycles. The lowest BCUT2D eigenvalue weighted by molar-refractivity contribution is 0.106. The first-order valence-electron chi connectivity index (χ1n) is 7.32. The smallest absolute Gasteiger partial charge is 0.118 e. The Morgan fingerprint density at radius 1 is 1.21 bits per heavy atom. The molecule has 0 spiro atoms. The van der Waals surface area contributed by atoms with Gasteiger partial charge in [0.25, 0.3) is 0 Å². The summed E-state index contributed by atoms with van der Waals surface area (Å²) in [6.07, 6.45) is 4.98. The zero-order valence-corrected chi connectivity index (χ0v) is 11.6. The van der Waals surface area contributed by atoms with Crippen LogP contribution in [-0.4, -0.2) is 36.2 Å². The largest absolute Gasteiger partial charge is 0.497 e. The second-order valence-corrected chi connectivity index (χ2v) is 5.92. The molecule has 0 aromatic heterocycles. The molecule has 0 saturated heterocycles. The van der Waals surface area contributed by atoms with E-state index in [1.165, 1.54) is 32.2 Å². The van der Waals surface area contributed by atoms with E-state index in [2.05, 4.69) is 4.90 Å². The summed E-state index contributed by atoms with van der Waals surface area (Å²) >= 11 is 0. The van der Waals surface area contributed by atoms with Crippen molar-refractivity contribution in [1.29, 1.82) is 0 Å². The summed E-state index contributed by atoms with van der Waals surface area (Å²) in [4.78, 5) is 2.49. The fourth-order valence-electron chi connectivity index (χ4n) is 2.60. The minimum atomic E-state index is -0.384. The third-order valence-corrected chi connectivity index (χ3v) is 4.16. The van der Waals surface area contributed by atoms with Gasteiger partial charge in [-0.3, -0.25) is 4.90 Å². The Labute approximate surface area is 115 Å². The zero-order chi connectivity index (χ0) is 13.2. The standard InChI is InChI=1S/C16H23NO2/c1-19-15-8-4-13(5-9-15)16(18)11-17(14-6-7-14)10-12-2-3-12/h4-5,8-9,12,14,16,18H,2-3,6-7,10-11H2,1H3. The van der Waals surface area contributed by atoms with Crippen LogP contribution in [0.5, 0.6) is 5.75 Å². The highest BCUT2D eigenvalue weighted by atomic mass is 16.5. The molecule has 3 nitrogen and oxygen atoms in total. The first-order valence-corrected chi connectivity index (χ1v) is 7.32. The van der Waals surface area contributed by atoms with Crippen LogP contribution in [0.25, 0.3) is 0 Å². The van der Waals surface area contributed by atoms with Crippen molar-refractivity contribution in [1.82, 2.24) is 4.90 Å². The molecule has 0 amide bonds. The van der Waals surface area contributed by atoms with Crippen LogP contribution in [0.15, 0.2) is 24.3 Å². The number of rotatable bonds is 7. The van der Waals surface area contributed by atoms with Gasteiger partial charge in [0.15, 0.2) is 0 Å². The number of benzene rings is 1. The first-order chi connectivity index (χ1) is 9.26. The van der Waals surface area contributed by atoms with Crippen molar-refractivity contribution < 1.29 is 9.84 Å². The molecular formula is C16H23NO2. The van der Waals surface area contributed by atoms with Crippen LogP contribution in [-0.2, 0) is 0 Å². The van der Waals surface area contributed by atoms with Gasteiger partial charge in [-0.1, -0.05) is 12.1 Å². The Kier molecular flexibility index (Phi) is 3.76. The van der Waals surface area contributed by atoms with Gasteiger partial charge in [0, 0.05) is 19.1 Å². The third kappa shape index (κ3) is 3.48. The minimum absolute atomic E-state index is 0.384. The topological polar surface area (TPSA) is 32.7 Å². The van der Waals surface area contributed by atoms with Gasteiger partial charge in [0.05, 0.1) is 13.2 Å². The Morgan fingerprint density at radius 2 is 1.89 bits per heavy atom. The maximum atomic E-state index is 10.4. The molecule has 2 saturated carbocycles. The summed E-state index contributed by atoms with van der Waals surface area (Å²) in [5.74, 6) is 1.73. The van der Waals surface area contributed by atoms with Gasteiger partial charge in [-0.25, -0.2) is 0 Å². The van der Waals surface area contributed by atoms with Gasteiger partial charge in [0.2, 0.25) is 0 Å². The fraction of sp³-hybridized carbons (Fsp3) is 0.625. The number of methoxy groups -OCH3 is 1. The van der Waals surface area contributed by atoms with Crippen LogP contribution in [0.4, 0.5) is 0 Å².